The minimum absolute atomic E-state index is 0.0255. The lowest BCUT2D eigenvalue weighted by Crippen LogP contribution is -2.53. The number of carbonyl (C=O) groups excluding carboxylic acids is 2. The third-order valence-corrected chi connectivity index (χ3v) is 7.77. The first-order valence-corrected chi connectivity index (χ1v) is 13.1. The van der Waals surface area contributed by atoms with Gasteiger partial charge in [-0.1, -0.05) is 61.4 Å². The lowest BCUT2D eigenvalue weighted by Gasteiger charge is -2.32. The Morgan fingerprint density at radius 1 is 0.912 bits per heavy atom. The fraction of sp³-hybridized carbons (Fsp3) is 0.462. The van der Waals surface area contributed by atoms with E-state index < -0.39 is 22.0 Å². The summed E-state index contributed by atoms with van der Waals surface area (Å²) in [5, 5.41) is 2.96. The zero-order chi connectivity index (χ0) is 25.5. The Balaban J connectivity index is 2.32. The first-order valence-electron chi connectivity index (χ1n) is 11.7. The Bertz CT molecular complexity index is 1070. The molecule has 0 bridgehead atoms. The number of amides is 2. The SMILES string of the molecule is CC[C@@H](C)NC(=O)[C@@H](CC)N(Cc1ccc(C)cc1)C(=O)CN(C)S(=O)(=O)c1ccc(C)cc1. The molecule has 2 atom stereocenters. The molecule has 0 aromatic heterocycles. The highest BCUT2D eigenvalue weighted by Crippen LogP contribution is 2.18. The molecule has 0 saturated heterocycles. The van der Waals surface area contributed by atoms with E-state index in [1.54, 1.807) is 12.1 Å². The number of benzene rings is 2. The predicted molar refractivity (Wildman–Crippen MR) is 135 cm³/mol. The standard InChI is InChI=1S/C26H37N3O4S/c1-7-21(5)27-26(31)24(8-2)29(17-22-13-9-19(3)10-14-22)25(30)18-28(6)34(32,33)23-15-11-20(4)12-16-23/h9-16,21,24H,7-8,17-18H2,1-6H3,(H,27,31)/t21-,24-/m1/s1. The number of hydrogen-bond donors (Lipinski definition) is 1. The van der Waals surface area contributed by atoms with E-state index in [0.717, 1.165) is 27.4 Å². The van der Waals surface area contributed by atoms with E-state index >= 15 is 0 Å². The van der Waals surface area contributed by atoms with Gasteiger partial charge in [0.15, 0.2) is 0 Å². The normalized spacial score (nSPS) is 13.4. The zero-order valence-electron chi connectivity index (χ0n) is 21.0. The summed E-state index contributed by atoms with van der Waals surface area (Å²) in [6.45, 7) is 9.45. The summed E-state index contributed by atoms with van der Waals surface area (Å²) in [5.41, 5.74) is 2.91. The first kappa shape index (κ1) is 27.5. The second-order valence-corrected chi connectivity index (χ2v) is 10.9. The van der Waals surface area contributed by atoms with Gasteiger partial charge >= 0.3 is 0 Å². The molecule has 2 aromatic rings. The molecule has 34 heavy (non-hydrogen) atoms. The Morgan fingerprint density at radius 3 is 1.94 bits per heavy atom. The fourth-order valence-corrected chi connectivity index (χ4v) is 4.63. The van der Waals surface area contributed by atoms with E-state index in [1.165, 1.54) is 24.1 Å². The van der Waals surface area contributed by atoms with Crippen LogP contribution in [0.15, 0.2) is 53.4 Å². The molecular formula is C26H37N3O4S. The molecule has 0 aliphatic carbocycles. The van der Waals surface area contributed by atoms with Crippen molar-refractivity contribution in [1.29, 1.82) is 0 Å². The maximum atomic E-state index is 13.5. The number of hydrogen-bond acceptors (Lipinski definition) is 4. The highest BCUT2D eigenvalue weighted by Gasteiger charge is 2.32. The number of carbonyl (C=O) groups is 2. The minimum Gasteiger partial charge on any atom is -0.352 e. The van der Waals surface area contributed by atoms with Gasteiger partial charge in [-0.25, -0.2) is 8.42 Å². The van der Waals surface area contributed by atoms with Gasteiger partial charge in [-0.15, -0.1) is 0 Å². The van der Waals surface area contributed by atoms with Crippen LogP contribution in [0.25, 0.3) is 0 Å². The van der Waals surface area contributed by atoms with Crippen LogP contribution in [0, 0.1) is 13.8 Å². The molecule has 0 spiro atoms. The van der Waals surface area contributed by atoms with Crippen molar-refractivity contribution in [2.75, 3.05) is 13.6 Å². The highest BCUT2D eigenvalue weighted by molar-refractivity contribution is 7.89. The van der Waals surface area contributed by atoms with Crippen LogP contribution in [0.4, 0.5) is 0 Å². The molecule has 0 unspecified atom stereocenters. The van der Waals surface area contributed by atoms with Crippen molar-refractivity contribution in [3.8, 4) is 0 Å². The van der Waals surface area contributed by atoms with Gasteiger partial charge in [-0.2, -0.15) is 4.31 Å². The van der Waals surface area contributed by atoms with Crippen molar-refractivity contribution in [2.45, 2.75) is 71.0 Å². The number of nitrogens with one attached hydrogen (secondary N) is 1. The molecule has 0 aliphatic rings. The summed E-state index contributed by atoms with van der Waals surface area (Å²) in [4.78, 5) is 28.1. The number of nitrogens with zero attached hydrogens (tertiary/aromatic N) is 2. The lowest BCUT2D eigenvalue weighted by molar-refractivity contribution is -0.141. The van der Waals surface area contributed by atoms with Crippen molar-refractivity contribution in [3.05, 3.63) is 65.2 Å². The number of aryl methyl sites for hydroxylation is 2. The Morgan fingerprint density at radius 2 is 1.44 bits per heavy atom. The van der Waals surface area contributed by atoms with E-state index in [0.29, 0.717) is 6.42 Å². The Hall–Kier alpha value is -2.71. The molecule has 0 heterocycles. The summed E-state index contributed by atoms with van der Waals surface area (Å²) in [5.74, 6) is -0.661. The number of likely N-dealkylation sites (N-methyl/N-ethyl adjacent to an activating group) is 1. The zero-order valence-corrected chi connectivity index (χ0v) is 21.9. The monoisotopic (exact) mass is 487 g/mol. The van der Waals surface area contributed by atoms with E-state index in [4.69, 9.17) is 0 Å². The molecule has 1 N–H and O–H groups in total. The quantitative estimate of drug-likeness (QED) is 0.524. The second kappa shape index (κ2) is 12.1. The molecule has 0 aliphatic heterocycles. The molecular weight excluding hydrogens is 450 g/mol. The van der Waals surface area contributed by atoms with Crippen molar-refractivity contribution in [2.24, 2.45) is 0 Å². The van der Waals surface area contributed by atoms with Gasteiger partial charge in [0, 0.05) is 19.6 Å². The average Bonchev–Trinajstić information content (AvgIpc) is 2.80. The van der Waals surface area contributed by atoms with E-state index in [1.807, 2.05) is 58.9 Å². The van der Waals surface area contributed by atoms with Crippen LogP contribution in [0.3, 0.4) is 0 Å². The summed E-state index contributed by atoms with van der Waals surface area (Å²) in [7, 11) is -2.47. The molecule has 2 aromatic carbocycles. The molecule has 186 valence electrons. The van der Waals surface area contributed by atoms with Gasteiger partial charge in [0.05, 0.1) is 11.4 Å². The average molecular weight is 488 g/mol. The maximum Gasteiger partial charge on any atom is 0.243 e. The van der Waals surface area contributed by atoms with Crippen LogP contribution in [0.1, 0.15) is 50.3 Å². The van der Waals surface area contributed by atoms with Crippen molar-refractivity contribution < 1.29 is 18.0 Å². The molecule has 0 fully saturated rings. The summed E-state index contributed by atoms with van der Waals surface area (Å²) < 4.78 is 27.1. The third kappa shape index (κ3) is 7.14. The van der Waals surface area contributed by atoms with E-state index in [-0.39, 0.29) is 29.9 Å². The van der Waals surface area contributed by atoms with Crippen LogP contribution in [-0.4, -0.2) is 55.1 Å². The summed E-state index contributed by atoms with van der Waals surface area (Å²) >= 11 is 0. The smallest absolute Gasteiger partial charge is 0.243 e. The lowest BCUT2D eigenvalue weighted by atomic mass is 10.1. The van der Waals surface area contributed by atoms with Crippen LogP contribution in [0.2, 0.25) is 0 Å². The molecule has 7 nitrogen and oxygen atoms in total. The molecule has 2 rings (SSSR count). The largest absolute Gasteiger partial charge is 0.352 e. The van der Waals surface area contributed by atoms with Gasteiger partial charge in [-0.05, 0) is 51.3 Å². The van der Waals surface area contributed by atoms with E-state index in [9.17, 15) is 18.0 Å². The fourth-order valence-electron chi connectivity index (χ4n) is 3.51. The maximum absolute atomic E-state index is 13.5. The van der Waals surface area contributed by atoms with Crippen LogP contribution >= 0.6 is 0 Å². The molecule has 8 heteroatoms. The van der Waals surface area contributed by atoms with Crippen molar-refractivity contribution >= 4 is 21.8 Å². The Kier molecular flexibility index (Phi) is 9.82. The molecule has 2 amide bonds. The van der Waals surface area contributed by atoms with Gasteiger partial charge in [0.2, 0.25) is 21.8 Å². The number of sulfonamides is 1. The van der Waals surface area contributed by atoms with Gasteiger partial charge in [-0.3, -0.25) is 9.59 Å². The molecule has 0 saturated carbocycles. The third-order valence-electron chi connectivity index (χ3n) is 5.95. The second-order valence-electron chi connectivity index (χ2n) is 8.82. The van der Waals surface area contributed by atoms with Crippen LogP contribution in [-0.2, 0) is 26.2 Å². The Labute approximate surface area is 204 Å². The molecule has 0 radical (unpaired) electrons. The van der Waals surface area contributed by atoms with Crippen LogP contribution in [0.5, 0.6) is 0 Å². The minimum atomic E-state index is -3.85. The van der Waals surface area contributed by atoms with E-state index in [2.05, 4.69) is 5.32 Å². The van der Waals surface area contributed by atoms with Gasteiger partial charge < -0.3 is 10.2 Å². The number of rotatable bonds is 11. The summed E-state index contributed by atoms with van der Waals surface area (Å²) in [6, 6.07) is 13.5. The topological polar surface area (TPSA) is 86.8 Å². The van der Waals surface area contributed by atoms with Crippen molar-refractivity contribution in [1.82, 2.24) is 14.5 Å². The predicted octanol–water partition coefficient (Wildman–Crippen LogP) is 3.65. The van der Waals surface area contributed by atoms with Gasteiger partial charge in [0.25, 0.3) is 0 Å². The summed E-state index contributed by atoms with van der Waals surface area (Å²) in [6.07, 6.45) is 1.18. The van der Waals surface area contributed by atoms with Crippen molar-refractivity contribution in [3.63, 3.8) is 0 Å². The first-order chi connectivity index (χ1) is 16.0. The van der Waals surface area contributed by atoms with Gasteiger partial charge in [0.1, 0.15) is 6.04 Å². The highest BCUT2D eigenvalue weighted by atomic mass is 32.2. The van der Waals surface area contributed by atoms with Crippen LogP contribution < -0.4 is 5.32 Å².